The van der Waals surface area contributed by atoms with E-state index >= 15 is 0 Å². The van der Waals surface area contributed by atoms with Crippen molar-refractivity contribution in [1.29, 1.82) is 0 Å². The number of rotatable bonds is 2. The minimum Gasteiger partial charge on any atom is -0.309 e. The lowest BCUT2D eigenvalue weighted by atomic mass is 10.1. The zero-order chi connectivity index (χ0) is 12.5. The fraction of sp³-hybridized carbons (Fsp3) is 0.0769. The van der Waals surface area contributed by atoms with Crippen molar-refractivity contribution < 1.29 is 0 Å². The van der Waals surface area contributed by atoms with E-state index in [4.69, 9.17) is 0 Å². The van der Waals surface area contributed by atoms with Crippen LogP contribution in [0, 0.1) is 0 Å². The van der Waals surface area contributed by atoms with Crippen LogP contribution in [0.25, 0.3) is 21.3 Å². The Bertz CT molecular complexity index is 747. The highest BCUT2D eigenvalue weighted by atomic mass is 32.1. The molecule has 0 fully saturated rings. The predicted molar refractivity (Wildman–Crippen MR) is 78.4 cm³/mol. The Morgan fingerprint density at radius 1 is 1.28 bits per heavy atom. The second-order valence-corrected chi connectivity index (χ2v) is 5.04. The summed E-state index contributed by atoms with van der Waals surface area (Å²) < 4.78 is 0. The number of fused-ring (bicyclic) bond motifs is 1. The molecule has 1 N–H and O–H groups in total. The van der Waals surface area contributed by atoms with Crippen LogP contribution in [-0.4, -0.2) is 9.97 Å². The van der Waals surface area contributed by atoms with Crippen molar-refractivity contribution in [1.82, 2.24) is 9.97 Å². The van der Waals surface area contributed by atoms with Crippen LogP contribution in [0.5, 0.6) is 0 Å². The van der Waals surface area contributed by atoms with Crippen LogP contribution < -0.4 is 5.56 Å². The maximum atomic E-state index is 12.1. The van der Waals surface area contributed by atoms with E-state index in [1.165, 1.54) is 11.3 Å². The van der Waals surface area contributed by atoms with E-state index in [0.717, 1.165) is 16.0 Å². The largest absolute Gasteiger partial charge is 0.309 e. The van der Waals surface area contributed by atoms with Gasteiger partial charge in [-0.3, -0.25) is 4.79 Å². The molecule has 0 saturated heterocycles. The van der Waals surface area contributed by atoms with Crippen molar-refractivity contribution in [2.75, 3.05) is 0 Å². The Kier molecular flexibility index (Phi) is 2.93. The first-order valence-electron chi connectivity index (χ1n) is 5.46. The molecule has 0 unspecified atom stereocenters. The van der Waals surface area contributed by atoms with Gasteiger partial charge < -0.3 is 4.98 Å². The van der Waals surface area contributed by atoms with Crippen LogP contribution in [-0.2, 0) is 5.75 Å². The minimum absolute atomic E-state index is 0.0934. The molecule has 3 rings (SSSR count). The van der Waals surface area contributed by atoms with Crippen LogP contribution in [0.4, 0.5) is 0 Å². The van der Waals surface area contributed by atoms with Gasteiger partial charge in [-0.1, -0.05) is 30.3 Å². The summed E-state index contributed by atoms with van der Waals surface area (Å²) in [5, 5.41) is 2.64. The molecule has 2 heterocycles. The summed E-state index contributed by atoms with van der Waals surface area (Å²) in [6.07, 6.45) is 0. The number of nitrogens with zero attached hydrogens (tertiary/aromatic N) is 1. The van der Waals surface area contributed by atoms with E-state index in [2.05, 4.69) is 22.6 Å². The molecule has 18 heavy (non-hydrogen) atoms. The molecule has 0 bridgehead atoms. The van der Waals surface area contributed by atoms with Crippen molar-refractivity contribution in [2.45, 2.75) is 5.75 Å². The second kappa shape index (κ2) is 4.59. The molecule has 2 aromatic heterocycles. The Morgan fingerprint density at radius 2 is 2.06 bits per heavy atom. The maximum absolute atomic E-state index is 12.1. The molecule has 3 aromatic rings. The van der Waals surface area contributed by atoms with Gasteiger partial charge in [0.25, 0.3) is 5.56 Å². The molecule has 0 amide bonds. The number of hydrogen-bond acceptors (Lipinski definition) is 4. The van der Waals surface area contributed by atoms with E-state index in [-0.39, 0.29) is 5.56 Å². The first-order chi connectivity index (χ1) is 8.79. The number of aromatic nitrogens is 2. The average molecular weight is 274 g/mol. The molecular weight excluding hydrogens is 264 g/mol. The van der Waals surface area contributed by atoms with Gasteiger partial charge in [0.15, 0.2) is 0 Å². The second-order valence-electron chi connectivity index (χ2n) is 3.87. The predicted octanol–water partition coefficient (Wildman–Crippen LogP) is 3.08. The summed E-state index contributed by atoms with van der Waals surface area (Å²) in [4.78, 5) is 20.0. The first kappa shape index (κ1) is 11.5. The molecule has 0 aliphatic carbocycles. The van der Waals surface area contributed by atoms with E-state index < -0.39 is 0 Å². The molecule has 0 saturated carbocycles. The summed E-state index contributed by atoms with van der Waals surface area (Å²) in [6, 6.07) is 9.87. The standard InChI is InChI=1S/C13H10N2OS2/c16-12-11-9(8-4-2-1-3-5-8)7-18-13(11)15-10(6-17)14-12/h1-5,7,17H,6H2,(H,14,15,16). The van der Waals surface area contributed by atoms with Gasteiger partial charge in [-0.05, 0) is 5.56 Å². The number of H-pyrrole nitrogens is 1. The van der Waals surface area contributed by atoms with Gasteiger partial charge in [0.05, 0.1) is 5.39 Å². The van der Waals surface area contributed by atoms with Crippen LogP contribution in [0.15, 0.2) is 40.5 Å². The number of nitrogens with one attached hydrogen (secondary N) is 1. The van der Waals surface area contributed by atoms with Crippen molar-refractivity contribution in [3.63, 3.8) is 0 Å². The summed E-state index contributed by atoms with van der Waals surface area (Å²) in [7, 11) is 0. The van der Waals surface area contributed by atoms with E-state index in [1.807, 2.05) is 35.7 Å². The van der Waals surface area contributed by atoms with Gasteiger partial charge in [0, 0.05) is 16.7 Å². The topological polar surface area (TPSA) is 45.8 Å². The lowest BCUT2D eigenvalue weighted by Crippen LogP contribution is -2.10. The van der Waals surface area contributed by atoms with Crippen LogP contribution in [0.1, 0.15) is 5.82 Å². The molecule has 1 aromatic carbocycles. The number of thiol groups is 1. The molecule has 0 aliphatic heterocycles. The smallest absolute Gasteiger partial charge is 0.260 e. The average Bonchev–Trinajstić information content (AvgIpc) is 2.84. The molecular formula is C13H10N2OS2. The number of hydrogen-bond donors (Lipinski definition) is 2. The van der Waals surface area contributed by atoms with Gasteiger partial charge in [0.1, 0.15) is 10.7 Å². The lowest BCUT2D eigenvalue weighted by molar-refractivity contribution is 1.05. The molecule has 0 radical (unpaired) electrons. The van der Waals surface area contributed by atoms with E-state index in [0.29, 0.717) is 17.0 Å². The Morgan fingerprint density at radius 3 is 2.78 bits per heavy atom. The Labute approximate surface area is 113 Å². The van der Waals surface area contributed by atoms with Crippen molar-refractivity contribution in [3.05, 3.63) is 51.9 Å². The zero-order valence-electron chi connectivity index (χ0n) is 9.38. The quantitative estimate of drug-likeness (QED) is 0.705. The van der Waals surface area contributed by atoms with Crippen LogP contribution in [0.2, 0.25) is 0 Å². The number of benzene rings is 1. The molecule has 3 nitrogen and oxygen atoms in total. The van der Waals surface area contributed by atoms with E-state index in [1.54, 1.807) is 0 Å². The fourth-order valence-electron chi connectivity index (χ4n) is 1.90. The highest BCUT2D eigenvalue weighted by Crippen LogP contribution is 2.30. The lowest BCUT2D eigenvalue weighted by Gasteiger charge is -1.99. The van der Waals surface area contributed by atoms with E-state index in [9.17, 15) is 4.79 Å². The summed E-state index contributed by atoms with van der Waals surface area (Å²) in [6.45, 7) is 0. The van der Waals surface area contributed by atoms with Gasteiger partial charge in [-0.25, -0.2) is 4.98 Å². The highest BCUT2D eigenvalue weighted by molar-refractivity contribution is 7.79. The monoisotopic (exact) mass is 274 g/mol. The Hall–Kier alpha value is -1.59. The molecule has 0 atom stereocenters. The fourth-order valence-corrected chi connectivity index (χ4v) is 3.02. The van der Waals surface area contributed by atoms with Crippen molar-refractivity contribution in [2.24, 2.45) is 0 Å². The Balaban J connectivity index is 2.30. The molecule has 0 spiro atoms. The van der Waals surface area contributed by atoms with Crippen LogP contribution >= 0.6 is 24.0 Å². The number of thiophene rings is 1. The minimum atomic E-state index is -0.0934. The van der Waals surface area contributed by atoms with Crippen LogP contribution in [0.3, 0.4) is 0 Å². The third-order valence-electron chi connectivity index (χ3n) is 2.73. The summed E-state index contributed by atoms with van der Waals surface area (Å²) in [5.41, 5.74) is 1.88. The number of aromatic amines is 1. The third kappa shape index (κ3) is 1.85. The van der Waals surface area contributed by atoms with Gasteiger partial charge in [-0.15, -0.1) is 11.3 Å². The summed E-state index contributed by atoms with van der Waals surface area (Å²) in [5.74, 6) is 1.04. The normalized spacial score (nSPS) is 10.9. The third-order valence-corrected chi connectivity index (χ3v) is 3.90. The van der Waals surface area contributed by atoms with Gasteiger partial charge in [-0.2, -0.15) is 12.6 Å². The first-order valence-corrected chi connectivity index (χ1v) is 6.97. The maximum Gasteiger partial charge on any atom is 0.260 e. The highest BCUT2D eigenvalue weighted by Gasteiger charge is 2.11. The van der Waals surface area contributed by atoms with Gasteiger partial charge >= 0.3 is 0 Å². The molecule has 0 aliphatic rings. The van der Waals surface area contributed by atoms with Crippen molar-refractivity contribution >= 4 is 34.2 Å². The molecule has 5 heteroatoms. The van der Waals surface area contributed by atoms with Crippen molar-refractivity contribution in [3.8, 4) is 11.1 Å². The van der Waals surface area contributed by atoms with Gasteiger partial charge in [0.2, 0.25) is 0 Å². The SMILES string of the molecule is O=c1[nH]c(CS)nc2scc(-c3ccccc3)c12. The summed E-state index contributed by atoms with van der Waals surface area (Å²) >= 11 is 5.62. The molecule has 90 valence electrons. The zero-order valence-corrected chi connectivity index (χ0v) is 11.1.